The lowest BCUT2D eigenvalue weighted by Gasteiger charge is -2.19. The van der Waals surface area contributed by atoms with Crippen LogP contribution in [0.5, 0.6) is 5.75 Å². The summed E-state index contributed by atoms with van der Waals surface area (Å²) < 4.78 is 32.8. The quantitative estimate of drug-likeness (QED) is 0.880. The monoisotopic (exact) mass is 367 g/mol. The standard InChI is InChI=1S/C17H19F2N3O2S/c1-10-7-14(24-13-5-3-12(18)4-6-13)8-22(10)9-15-16(19)21-17(25-15)20-11(2)23/h3-6,10,14H,7-9H2,1-2H3,(H,20,21,23)/t10-,14+/m0/s1. The Balaban J connectivity index is 1.61. The summed E-state index contributed by atoms with van der Waals surface area (Å²) in [6.07, 6.45) is 0.766. The molecule has 0 radical (unpaired) electrons. The molecule has 2 aromatic rings. The molecule has 1 aliphatic rings. The maximum atomic E-state index is 14.0. The lowest BCUT2D eigenvalue weighted by molar-refractivity contribution is -0.114. The molecule has 3 rings (SSSR count). The zero-order chi connectivity index (χ0) is 18.0. The van der Waals surface area contributed by atoms with Crippen LogP contribution in [0.25, 0.3) is 0 Å². The van der Waals surface area contributed by atoms with Crippen molar-refractivity contribution in [2.24, 2.45) is 0 Å². The predicted molar refractivity (Wildman–Crippen MR) is 91.7 cm³/mol. The summed E-state index contributed by atoms with van der Waals surface area (Å²) >= 11 is 1.14. The number of nitrogens with one attached hydrogen (secondary N) is 1. The molecule has 0 spiro atoms. The van der Waals surface area contributed by atoms with Crippen molar-refractivity contribution in [2.75, 3.05) is 11.9 Å². The second kappa shape index (κ2) is 7.45. The van der Waals surface area contributed by atoms with Crippen LogP contribution in [0, 0.1) is 11.8 Å². The topological polar surface area (TPSA) is 54.5 Å². The first-order chi connectivity index (χ1) is 11.9. The molecule has 25 heavy (non-hydrogen) atoms. The fraction of sp³-hybridized carbons (Fsp3) is 0.412. The molecule has 1 aromatic carbocycles. The van der Waals surface area contributed by atoms with E-state index < -0.39 is 5.95 Å². The highest BCUT2D eigenvalue weighted by molar-refractivity contribution is 7.15. The average Bonchev–Trinajstić information content (AvgIpc) is 3.04. The van der Waals surface area contributed by atoms with Crippen molar-refractivity contribution in [3.05, 3.63) is 40.9 Å². The van der Waals surface area contributed by atoms with Gasteiger partial charge in [0, 0.05) is 32.5 Å². The van der Waals surface area contributed by atoms with Crippen molar-refractivity contribution in [3.63, 3.8) is 0 Å². The van der Waals surface area contributed by atoms with Gasteiger partial charge in [-0.15, -0.1) is 0 Å². The van der Waals surface area contributed by atoms with Gasteiger partial charge in [-0.25, -0.2) is 4.39 Å². The molecule has 8 heteroatoms. The highest BCUT2D eigenvalue weighted by Crippen LogP contribution is 2.28. The molecule has 0 aliphatic carbocycles. The van der Waals surface area contributed by atoms with Gasteiger partial charge in [0.25, 0.3) is 0 Å². The summed E-state index contributed by atoms with van der Waals surface area (Å²) in [5.41, 5.74) is 0. The second-order valence-electron chi connectivity index (χ2n) is 6.12. The minimum Gasteiger partial charge on any atom is -0.489 e. The number of anilines is 1. The second-order valence-corrected chi connectivity index (χ2v) is 7.21. The molecule has 0 bridgehead atoms. The Hall–Kier alpha value is -2.06. The first-order valence-corrected chi connectivity index (χ1v) is 8.81. The molecular formula is C17H19F2N3O2S. The minimum absolute atomic E-state index is 0.0359. The Bertz CT molecular complexity index is 751. The summed E-state index contributed by atoms with van der Waals surface area (Å²) in [4.78, 5) is 17.4. The minimum atomic E-state index is -0.552. The molecule has 1 fully saturated rings. The molecule has 1 saturated heterocycles. The molecular weight excluding hydrogens is 348 g/mol. The number of nitrogens with zero attached hydrogens (tertiary/aromatic N) is 2. The fourth-order valence-corrected chi connectivity index (χ4v) is 3.79. The van der Waals surface area contributed by atoms with Crippen LogP contribution in [0.1, 0.15) is 25.1 Å². The van der Waals surface area contributed by atoms with Gasteiger partial charge in [0.2, 0.25) is 11.9 Å². The molecule has 1 aliphatic heterocycles. The molecule has 2 atom stereocenters. The Morgan fingerprint density at radius 1 is 1.40 bits per heavy atom. The highest BCUT2D eigenvalue weighted by Gasteiger charge is 2.31. The number of carbonyl (C=O) groups is 1. The summed E-state index contributed by atoms with van der Waals surface area (Å²) in [6.45, 7) is 4.47. The van der Waals surface area contributed by atoms with Crippen LogP contribution in [0.15, 0.2) is 24.3 Å². The van der Waals surface area contributed by atoms with E-state index in [0.717, 1.165) is 17.8 Å². The largest absolute Gasteiger partial charge is 0.489 e. The van der Waals surface area contributed by atoms with Crippen LogP contribution < -0.4 is 10.1 Å². The van der Waals surface area contributed by atoms with Gasteiger partial charge in [0.05, 0.1) is 4.88 Å². The smallest absolute Gasteiger partial charge is 0.230 e. The highest BCUT2D eigenvalue weighted by atomic mass is 32.1. The van der Waals surface area contributed by atoms with Crippen LogP contribution in [-0.4, -0.2) is 34.5 Å². The SMILES string of the molecule is CC(=O)Nc1nc(F)c(CN2C[C@H](Oc3ccc(F)cc3)C[C@@H]2C)s1. The van der Waals surface area contributed by atoms with Crippen molar-refractivity contribution >= 4 is 22.4 Å². The molecule has 5 nitrogen and oxygen atoms in total. The first kappa shape index (κ1) is 17.8. The zero-order valence-electron chi connectivity index (χ0n) is 14.0. The van der Waals surface area contributed by atoms with E-state index in [1.54, 1.807) is 12.1 Å². The van der Waals surface area contributed by atoms with E-state index in [1.807, 2.05) is 0 Å². The number of aromatic nitrogens is 1. The molecule has 134 valence electrons. The van der Waals surface area contributed by atoms with Crippen LogP contribution in [0.3, 0.4) is 0 Å². The van der Waals surface area contributed by atoms with Crippen molar-refractivity contribution < 1.29 is 18.3 Å². The predicted octanol–water partition coefficient (Wildman–Crippen LogP) is 3.42. The van der Waals surface area contributed by atoms with E-state index in [2.05, 4.69) is 22.1 Å². The fourth-order valence-electron chi connectivity index (χ4n) is 2.88. The van der Waals surface area contributed by atoms with Crippen molar-refractivity contribution in [3.8, 4) is 5.75 Å². The Kier molecular flexibility index (Phi) is 5.29. The summed E-state index contributed by atoms with van der Waals surface area (Å²) in [5, 5.41) is 2.77. The number of carbonyl (C=O) groups excluding carboxylic acids is 1. The molecule has 1 aromatic heterocycles. The van der Waals surface area contributed by atoms with Gasteiger partial charge < -0.3 is 10.1 Å². The van der Waals surface area contributed by atoms with E-state index in [9.17, 15) is 13.6 Å². The molecule has 0 unspecified atom stereocenters. The normalized spacial score (nSPS) is 20.6. The third kappa shape index (κ3) is 4.52. The number of amides is 1. The van der Waals surface area contributed by atoms with Crippen LogP contribution in [0.2, 0.25) is 0 Å². The summed E-state index contributed by atoms with van der Waals surface area (Å²) in [5.74, 6) is -0.506. The van der Waals surface area contributed by atoms with Gasteiger partial charge in [0.15, 0.2) is 5.13 Å². The maximum Gasteiger partial charge on any atom is 0.230 e. The average molecular weight is 367 g/mol. The van der Waals surface area contributed by atoms with Crippen molar-refractivity contribution in [2.45, 2.75) is 39.0 Å². The third-order valence-corrected chi connectivity index (χ3v) is 4.99. The summed E-state index contributed by atoms with van der Waals surface area (Å²) in [7, 11) is 0. The Morgan fingerprint density at radius 2 is 2.12 bits per heavy atom. The first-order valence-electron chi connectivity index (χ1n) is 8.00. The molecule has 2 heterocycles. The zero-order valence-corrected chi connectivity index (χ0v) is 14.8. The summed E-state index contributed by atoms with van der Waals surface area (Å²) in [6, 6.07) is 6.15. The number of thiazole rings is 1. The van der Waals surface area contributed by atoms with Gasteiger partial charge in [0.1, 0.15) is 17.7 Å². The van der Waals surface area contributed by atoms with Gasteiger partial charge in [-0.05, 0) is 31.2 Å². The van der Waals surface area contributed by atoms with Crippen LogP contribution in [0.4, 0.5) is 13.9 Å². The number of benzene rings is 1. The molecule has 0 saturated carbocycles. The molecule has 1 N–H and O–H groups in total. The molecule has 1 amide bonds. The van der Waals surface area contributed by atoms with Gasteiger partial charge >= 0.3 is 0 Å². The number of halogens is 2. The number of ether oxygens (including phenoxy) is 1. The van der Waals surface area contributed by atoms with Crippen molar-refractivity contribution in [1.29, 1.82) is 0 Å². The number of hydrogen-bond acceptors (Lipinski definition) is 5. The Labute approximate surface area is 148 Å². The van der Waals surface area contributed by atoms with Gasteiger partial charge in [-0.3, -0.25) is 9.69 Å². The lowest BCUT2D eigenvalue weighted by Crippen LogP contribution is -2.28. The van der Waals surface area contributed by atoms with Gasteiger partial charge in [-0.1, -0.05) is 11.3 Å². The van der Waals surface area contributed by atoms with E-state index in [4.69, 9.17) is 4.74 Å². The third-order valence-electron chi connectivity index (χ3n) is 4.06. The van der Waals surface area contributed by atoms with Crippen LogP contribution >= 0.6 is 11.3 Å². The Morgan fingerprint density at radius 3 is 2.80 bits per heavy atom. The van der Waals surface area contributed by atoms with E-state index in [0.29, 0.717) is 23.7 Å². The lowest BCUT2D eigenvalue weighted by atomic mass is 10.2. The van der Waals surface area contributed by atoms with E-state index >= 15 is 0 Å². The van der Waals surface area contributed by atoms with Crippen LogP contribution in [-0.2, 0) is 11.3 Å². The van der Waals surface area contributed by atoms with Gasteiger partial charge in [-0.2, -0.15) is 9.37 Å². The number of likely N-dealkylation sites (tertiary alicyclic amines) is 1. The number of hydrogen-bond donors (Lipinski definition) is 1. The maximum absolute atomic E-state index is 14.0. The van der Waals surface area contributed by atoms with Crippen molar-refractivity contribution in [1.82, 2.24) is 9.88 Å². The van der Waals surface area contributed by atoms with E-state index in [1.165, 1.54) is 19.1 Å². The van der Waals surface area contributed by atoms with E-state index in [-0.39, 0.29) is 29.0 Å². The number of rotatable bonds is 5.